The lowest BCUT2D eigenvalue weighted by Gasteiger charge is -2.43. The van der Waals surface area contributed by atoms with Crippen LogP contribution >= 0.6 is 11.8 Å². The molecule has 2 aliphatic heterocycles. The van der Waals surface area contributed by atoms with Gasteiger partial charge in [0.2, 0.25) is 11.8 Å². The number of amides is 2. The maximum Gasteiger partial charge on any atom is 0.335 e. The Balaban J connectivity index is 1.39. The molecule has 2 saturated heterocycles. The van der Waals surface area contributed by atoms with Gasteiger partial charge in [0.1, 0.15) is 29.8 Å². The Morgan fingerprint density at radius 3 is 2.44 bits per heavy atom. The van der Waals surface area contributed by atoms with Crippen molar-refractivity contribution in [1.29, 1.82) is 0 Å². The van der Waals surface area contributed by atoms with Gasteiger partial charge in [-0.25, -0.2) is 4.79 Å². The van der Waals surface area contributed by atoms with Crippen LogP contribution in [-0.4, -0.2) is 50.9 Å². The SMILES string of the molecule is CC(C)C(=O)OCc1cccc(OC(=O)[C@@H]2N3C(=O)[C@@H](NC(=O)Cc4ccccc4)[C@H]3SC2(C)C)c1. The summed E-state index contributed by atoms with van der Waals surface area (Å²) in [6.45, 7) is 7.36. The maximum atomic E-state index is 13.2. The summed E-state index contributed by atoms with van der Waals surface area (Å²) in [4.78, 5) is 52.0. The standard InChI is InChI=1S/C27H30N2O6S/c1-16(2)25(32)34-15-18-11-8-12-19(13-18)35-26(33)22-27(3,4)36-24-21(23(31)29(22)24)28-20(30)14-17-9-6-5-7-10-17/h5-13,16,21-22,24H,14-15H2,1-4H3,(H,28,30)/t21-,22+,24-/m1/s1. The molecule has 0 saturated carbocycles. The van der Waals surface area contributed by atoms with Gasteiger partial charge in [-0.1, -0.05) is 56.3 Å². The van der Waals surface area contributed by atoms with Crippen LogP contribution in [0, 0.1) is 5.92 Å². The molecule has 3 atom stereocenters. The first-order valence-corrected chi connectivity index (χ1v) is 12.8. The van der Waals surface area contributed by atoms with Crippen molar-refractivity contribution < 1.29 is 28.7 Å². The van der Waals surface area contributed by atoms with Crippen molar-refractivity contribution in [3.8, 4) is 5.75 Å². The maximum absolute atomic E-state index is 13.2. The van der Waals surface area contributed by atoms with E-state index in [2.05, 4.69) is 5.32 Å². The number of hydrogen-bond donors (Lipinski definition) is 1. The van der Waals surface area contributed by atoms with E-state index in [1.807, 2.05) is 44.2 Å². The molecule has 2 fully saturated rings. The minimum absolute atomic E-state index is 0.0736. The lowest BCUT2D eigenvalue weighted by atomic mass is 9.95. The highest BCUT2D eigenvalue weighted by Gasteiger charge is 2.64. The molecule has 2 aromatic rings. The number of thioether (sulfide) groups is 1. The van der Waals surface area contributed by atoms with E-state index < -0.39 is 22.8 Å². The number of esters is 2. The van der Waals surface area contributed by atoms with Crippen molar-refractivity contribution >= 4 is 35.5 Å². The number of fused-ring (bicyclic) bond motifs is 1. The zero-order valence-electron chi connectivity index (χ0n) is 20.7. The predicted molar refractivity (Wildman–Crippen MR) is 135 cm³/mol. The molecule has 0 radical (unpaired) electrons. The summed E-state index contributed by atoms with van der Waals surface area (Å²) in [6, 6.07) is 14.6. The summed E-state index contributed by atoms with van der Waals surface area (Å²) in [6.07, 6.45) is 0.180. The van der Waals surface area contributed by atoms with Crippen molar-refractivity contribution in [3.05, 3.63) is 65.7 Å². The van der Waals surface area contributed by atoms with Crippen LogP contribution in [0.5, 0.6) is 5.75 Å². The van der Waals surface area contributed by atoms with Gasteiger partial charge < -0.3 is 19.7 Å². The smallest absolute Gasteiger partial charge is 0.335 e. The molecule has 2 heterocycles. The van der Waals surface area contributed by atoms with Crippen LogP contribution in [0.25, 0.3) is 0 Å². The number of hydrogen-bond acceptors (Lipinski definition) is 7. The van der Waals surface area contributed by atoms with Gasteiger partial charge in [-0.15, -0.1) is 11.8 Å². The number of carbonyl (C=O) groups excluding carboxylic acids is 4. The van der Waals surface area contributed by atoms with Crippen LogP contribution in [0.3, 0.4) is 0 Å². The minimum Gasteiger partial charge on any atom is -0.461 e. The zero-order chi connectivity index (χ0) is 26.0. The summed E-state index contributed by atoms with van der Waals surface area (Å²) in [5, 5.41) is 2.49. The van der Waals surface area contributed by atoms with Gasteiger partial charge in [-0.3, -0.25) is 14.4 Å². The number of benzene rings is 2. The second-order valence-corrected chi connectivity index (χ2v) is 11.6. The van der Waals surface area contributed by atoms with E-state index in [0.717, 1.165) is 5.56 Å². The number of ether oxygens (including phenoxy) is 2. The third kappa shape index (κ3) is 5.41. The lowest BCUT2D eigenvalue weighted by Crippen LogP contribution is -2.71. The van der Waals surface area contributed by atoms with Gasteiger partial charge in [0.05, 0.1) is 12.3 Å². The Morgan fingerprint density at radius 2 is 1.75 bits per heavy atom. The number of nitrogens with one attached hydrogen (secondary N) is 1. The van der Waals surface area contributed by atoms with Gasteiger partial charge in [0.25, 0.3) is 0 Å². The van der Waals surface area contributed by atoms with Crippen molar-refractivity contribution in [2.75, 3.05) is 0 Å². The molecular weight excluding hydrogens is 480 g/mol. The van der Waals surface area contributed by atoms with Gasteiger partial charge in [0.15, 0.2) is 0 Å². The summed E-state index contributed by atoms with van der Waals surface area (Å²) < 4.78 is 10.3. The molecule has 0 unspecified atom stereocenters. The molecule has 4 rings (SSSR count). The predicted octanol–water partition coefficient (Wildman–Crippen LogP) is 3.08. The Labute approximate surface area is 214 Å². The third-order valence-corrected chi connectivity index (χ3v) is 7.73. The fourth-order valence-electron chi connectivity index (χ4n) is 4.32. The highest BCUT2D eigenvalue weighted by molar-refractivity contribution is 8.01. The number of nitrogens with zero attached hydrogens (tertiary/aromatic N) is 1. The molecule has 2 aromatic carbocycles. The quantitative estimate of drug-likeness (QED) is 0.331. The van der Waals surface area contributed by atoms with Gasteiger partial charge in [-0.2, -0.15) is 0 Å². The molecule has 0 bridgehead atoms. The van der Waals surface area contributed by atoms with Crippen molar-refractivity contribution in [1.82, 2.24) is 10.2 Å². The summed E-state index contributed by atoms with van der Waals surface area (Å²) in [5.74, 6) is -1.32. The first-order chi connectivity index (χ1) is 17.1. The normalized spacial score (nSPS) is 22.0. The number of carbonyl (C=O) groups is 4. The van der Waals surface area contributed by atoms with Crippen LogP contribution < -0.4 is 10.1 Å². The Kier molecular flexibility index (Phi) is 7.40. The van der Waals surface area contributed by atoms with Crippen molar-refractivity contribution in [2.24, 2.45) is 5.92 Å². The highest BCUT2D eigenvalue weighted by Crippen LogP contribution is 2.51. The number of β-lactam (4-membered cyclic amide) rings is 1. The molecule has 0 aliphatic carbocycles. The first kappa shape index (κ1) is 25.8. The highest BCUT2D eigenvalue weighted by atomic mass is 32.2. The Bertz CT molecular complexity index is 1170. The van der Waals surface area contributed by atoms with Crippen LogP contribution in [-0.2, 0) is 36.9 Å². The topological polar surface area (TPSA) is 102 Å². The Hall–Kier alpha value is -3.33. The van der Waals surface area contributed by atoms with Crippen LogP contribution in [0.4, 0.5) is 0 Å². The minimum atomic E-state index is -0.801. The lowest BCUT2D eigenvalue weighted by molar-refractivity contribution is -0.159. The second kappa shape index (κ2) is 10.3. The van der Waals surface area contributed by atoms with Gasteiger partial charge in [0, 0.05) is 4.75 Å². The van der Waals surface area contributed by atoms with Crippen LogP contribution in [0.15, 0.2) is 54.6 Å². The molecule has 8 nitrogen and oxygen atoms in total. The van der Waals surface area contributed by atoms with E-state index in [-0.39, 0.29) is 42.1 Å². The second-order valence-electron chi connectivity index (χ2n) is 9.80. The molecule has 0 spiro atoms. The van der Waals surface area contributed by atoms with Gasteiger partial charge >= 0.3 is 11.9 Å². The van der Waals surface area contributed by atoms with E-state index in [9.17, 15) is 19.2 Å². The molecule has 36 heavy (non-hydrogen) atoms. The van der Waals surface area contributed by atoms with E-state index in [0.29, 0.717) is 11.3 Å². The van der Waals surface area contributed by atoms with E-state index in [4.69, 9.17) is 9.47 Å². The largest absolute Gasteiger partial charge is 0.461 e. The molecule has 190 valence electrons. The van der Waals surface area contributed by atoms with E-state index >= 15 is 0 Å². The monoisotopic (exact) mass is 510 g/mol. The number of rotatable bonds is 8. The van der Waals surface area contributed by atoms with E-state index in [1.165, 1.54) is 16.7 Å². The van der Waals surface area contributed by atoms with Crippen LogP contribution in [0.2, 0.25) is 0 Å². The zero-order valence-corrected chi connectivity index (χ0v) is 21.5. The van der Waals surface area contributed by atoms with Crippen LogP contribution in [0.1, 0.15) is 38.8 Å². The third-order valence-electron chi connectivity index (χ3n) is 6.16. The average molecular weight is 511 g/mol. The summed E-state index contributed by atoms with van der Waals surface area (Å²) in [5.41, 5.74) is 1.55. The fourth-order valence-corrected chi connectivity index (χ4v) is 5.94. The van der Waals surface area contributed by atoms with Crippen molar-refractivity contribution in [2.45, 2.75) is 62.9 Å². The molecular formula is C27H30N2O6S. The van der Waals surface area contributed by atoms with E-state index in [1.54, 1.807) is 38.1 Å². The van der Waals surface area contributed by atoms with Crippen molar-refractivity contribution in [3.63, 3.8) is 0 Å². The molecule has 9 heteroatoms. The summed E-state index contributed by atoms with van der Waals surface area (Å²) in [7, 11) is 0. The molecule has 2 amide bonds. The summed E-state index contributed by atoms with van der Waals surface area (Å²) >= 11 is 1.47. The molecule has 2 aliphatic rings. The average Bonchev–Trinajstić information content (AvgIpc) is 3.09. The fraction of sp³-hybridized carbons (Fsp3) is 0.407. The Morgan fingerprint density at radius 1 is 1.06 bits per heavy atom. The first-order valence-electron chi connectivity index (χ1n) is 11.9. The molecule has 1 N–H and O–H groups in total. The van der Waals surface area contributed by atoms with Gasteiger partial charge in [-0.05, 0) is 37.1 Å². The molecule has 0 aromatic heterocycles.